The summed E-state index contributed by atoms with van der Waals surface area (Å²) in [6, 6.07) is 20.2. The summed E-state index contributed by atoms with van der Waals surface area (Å²) in [5.41, 5.74) is 27.0. The summed E-state index contributed by atoms with van der Waals surface area (Å²) in [4.78, 5) is 67.4. The van der Waals surface area contributed by atoms with Crippen molar-refractivity contribution in [3.05, 3.63) is 95.1 Å². The molecule has 2 fully saturated rings. The van der Waals surface area contributed by atoms with Gasteiger partial charge in [-0.05, 0) is 78.3 Å². The number of aliphatic carboxylic acids is 2. The summed E-state index contributed by atoms with van der Waals surface area (Å²) in [7, 11) is 0. The van der Waals surface area contributed by atoms with E-state index in [1.807, 2.05) is 60.7 Å². The Kier molecular flexibility index (Phi) is 40.8. The molecule has 4 aliphatic carbocycles. The first-order valence-electron chi connectivity index (χ1n) is 21.1. The maximum absolute atomic E-state index is 12.3. The van der Waals surface area contributed by atoms with Crippen molar-refractivity contribution in [2.24, 2.45) is 34.8 Å². The van der Waals surface area contributed by atoms with Crippen LogP contribution in [0.5, 0.6) is 0 Å². The molecule has 0 spiro atoms. The molecule has 0 aromatic heterocycles. The number of carboxylic acids is 2. The zero-order chi connectivity index (χ0) is 44.8. The second-order valence-corrected chi connectivity index (χ2v) is 15.9. The van der Waals surface area contributed by atoms with Crippen molar-refractivity contribution in [3.63, 3.8) is 0 Å². The van der Waals surface area contributed by atoms with E-state index in [9.17, 15) is 28.8 Å². The molecule has 388 valence electrons. The van der Waals surface area contributed by atoms with Gasteiger partial charge in [0.05, 0.1) is 11.1 Å². The molecule has 0 bridgehead atoms. The molecule has 0 amide bonds. The number of carbonyl (C=O) groups excluding carboxylic acids is 4. The van der Waals surface area contributed by atoms with Gasteiger partial charge in [0, 0.05) is 102 Å². The van der Waals surface area contributed by atoms with E-state index in [4.69, 9.17) is 33.1 Å². The molecule has 0 heterocycles. The van der Waals surface area contributed by atoms with Crippen molar-refractivity contribution in [2.45, 2.75) is 95.8 Å². The Balaban J connectivity index is -0.000000285. The maximum Gasteiger partial charge on any atom is 1.00 e. The third-order valence-corrected chi connectivity index (χ3v) is 11.6. The number of rotatable bonds is 12. The molecule has 4 aromatic rings. The van der Waals surface area contributed by atoms with Crippen molar-refractivity contribution in [3.8, 4) is 0 Å². The van der Waals surface area contributed by atoms with E-state index in [0.29, 0.717) is 35.5 Å². The molecule has 71 heavy (non-hydrogen) atoms. The average molecular weight is 1340 g/mol. The number of anilines is 2. The van der Waals surface area contributed by atoms with Crippen LogP contribution >= 0.6 is 0 Å². The van der Waals surface area contributed by atoms with Gasteiger partial charge in [-0.3, -0.25) is 31.8 Å². The molecule has 2 saturated carbocycles. The smallest absolute Gasteiger partial charge is 0.870 e. The Morgan fingerprint density at radius 3 is 1.23 bits per heavy atom. The Morgan fingerprint density at radius 1 is 0.577 bits per heavy atom. The van der Waals surface area contributed by atoms with Crippen LogP contribution in [0.4, 0.5) is 11.4 Å². The predicted octanol–water partition coefficient (Wildman–Crippen LogP) is -1.61. The van der Waals surface area contributed by atoms with Gasteiger partial charge in [-0.2, -0.15) is 0 Å². The number of hydrogen-bond donors (Lipinski definition) is 8. The summed E-state index contributed by atoms with van der Waals surface area (Å²) in [6.45, 7) is 0.535. The largest absolute Gasteiger partial charge is 1.00 e. The van der Waals surface area contributed by atoms with Crippen molar-refractivity contribution in [1.29, 1.82) is 0 Å². The zero-order valence-corrected chi connectivity index (χ0v) is 43.8. The normalized spacial score (nSPS) is 17.2. The van der Waals surface area contributed by atoms with E-state index in [1.165, 1.54) is 31.8 Å². The number of carbonyl (C=O) groups is 4. The van der Waals surface area contributed by atoms with Crippen molar-refractivity contribution >= 4 is 81.1 Å². The minimum atomic E-state index is -1.47. The van der Waals surface area contributed by atoms with Crippen LogP contribution in [-0.4, -0.2) is 105 Å². The molecule has 8 rings (SSSR count). The molecule has 4 atom stereocenters. The van der Waals surface area contributed by atoms with Crippen molar-refractivity contribution in [2.75, 3.05) is 23.7 Å². The summed E-state index contributed by atoms with van der Waals surface area (Å²) >= 11 is 0. The number of benzene rings is 4. The first-order chi connectivity index (χ1) is 29.8. The number of nitrogens with one attached hydrogen (secondary N) is 2. The number of nitrogens with two attached hydrogens (primary N) is 4. The molecule has 4 aromatic carbocycles. The molecule has 2 unspecified atom stereocenters. The molecule has 0 radical (unpaired) electrons. The van der Waals surface area contributed by atoms with E-state index < -0.39 is 23.8 Å². The monoisotopic (exact) mass is 1330 g/mol. The number of ketones is 2. The van der Waals surface area contributed by atoms with Crippen molar-refractivity contribution < 1.29 is 141 Å². The third-order valence-electron chi connectivity index (χ3n) is 11.6. The van der Waals surface area contributed by atoms with Gasteiger partial charge in [0.15, 0.2) is 17.5 Å². The fourth-order valence-corrected chi connectivity index (χ4v) is 7.97. The van der Waals surface area contributed by atoms with Crippen LogP contribution in [-0.2, 0) is 61.3 Å². The maximum atomic E-state index is 12.3. The second kappa shape index (κ2) is 38.0. The number of hydrogen-bond acceptors (Lipinski definition) is 14. The van der Waals surface area contributed by atoms with Crippen LogP contribution in [0, 0.1) is 11.8 Å². The SMILES string of the molecule is C.NC1CCCCC1N.N[C@H]1CCCC[C@@H]1N.O.O.O=C1C=Cc2cccc3ccc(NCCC(C(=O)O)C(=O)O)c1c23.O=[C-]C([C-]=O)CCNc1ccc2cccc3c2c1C(=O)C=C3.[Li+].[Li+].[OH-].[OH-].[Pt].[Pt]. The minimum Gasteiger partial charge on any atom is -0.870 e. The van der Waals surface area contributed by atoms with E-state index in [1.54, 1.807) is 30.8 Å². The number of carboxylic acid groups (broad SMARTS) is 2. The fraction of sp³-hybridized carbons (Fsp3) is 0.388. The molecule has 0 saturated heterocycles. The van der Waals surface area contributed by atoms with Crippen LogP contribution in [0.2, 0.25) is 0 Å². The zero-order valence-electron chi connectivity index (χ0n) is 39.2. The minimum absolute atomic E-state index is 0. The van der Waals surface area contributed by atoms with Gasteiger partial charge in [0.25, 0.3) is 0 Å². The molecular formula is C49H66Li2N6O12Pt2-2. The van der Waals surface area contributed by atoms with Crippen LogP contribution in [0.15, 0.2) is 72.8 Å². The Bertz CT molecular complexity index is 2300. The van der Waals surface area contributed by atoms with E-state index in [2.05, 4.69) is 10.6 Å². The Labute approximate surface area is 467 Å². The van der Waals surface area contributed by atoms with Gasteiger partial charge in [-0.1, -0.05) is 100 Å². The molecule has 18 nitrogen and oxygen atoms in total. The first-order valence-corrected chi connectivity index (χ1v) is 21.1. The van der Waals surface area contributed by atoms with Gasteiger partial charge in [0.2, 0.25) is 0 Å². The Hall–Kier alpha value is -3.65. The van der Waals surface area contributed by atoms with Gasteiger partial charge in [-0.25, -0.2) is 5.92 Å². The second-order valence-electron chi connectivity index (χ2n) is 15.9. The van der Waals surface area contributed by atoms with Gasteiger partial charge in [0.1, 0.15) is 0 Å². The van der Waals surface area contributed by atoms with E-state index >= 15 is 0 Å². The van der Waals surface area contributed by atoms with Crippen LogP contribution in [0.1, 0.15) is 103 Å². The van der Waals surface area contributed by atoms with Gasteiger partial charge in [-0.15, -0.1) is 0 Å². The van der Waals surface area contributed by atoms with Gasteiger partial charge >= 0.3 is 49.7 Å². The number of allylic oxidation sites excluding steroid dienone is 2. The summed E-state index contributed by atoms with van der Waals surface area (Å²) < 4.78 is 0. The van der Waals surface area contributed by atoms with Crippen molar-refractivity contribution in [1.82, 2.24) is 0 Å². The molecule has 0 aliphatic heterocycles. The Morgan fingerprint density at radius 2 is 0.915 bits per heavy atom. The summed E-state index contributed by atoms with van der Waals surface area (Å²) in [6.07, 6.45) is 19.7. The third kappa shape index (κ3) is 21.0. The van der Waals surface area contributed by atoms with Crippen LogP contribution < -0.4 is 71.3 Å². The topological polar surface area (TPSA) is 394 Å². The standard InChI is InChI=1S/C18H15NO5.C18H13NO3.2C6H14N2.CH4.2Li.4H2O.2Pt/c20-14-7-5-11-3-1-2-10-4-6-13(16(14)15(10)11)19-9-8-12(17(21)22)18(23)24;20-10-12(11-21)8-9-19-15-6-4-13-2-1-3-14-5-7-16(22)18(15)17(13)14;2*7-5-3-1-2-4-6(5)8;;;;;;;;;/h1-7,12,19H,8-9H2,(H,21,22)(H,23,24);1-7,12,19H,8-9H2;2*5-6H,1-4,7-8H2;1H4;;;4*1H2;;/q;-2;;;;2*+1;;;;;;/p-2/t;;5-,6-;;;;;;;;;;/m..0........../s1. The van der Waals surface area contributed by atoms with Crippen LogP contribution in [0.3, 0.4) is 0 Å². The quantitative estimate of drug-likeness (QED) is 0.0449. The molecule has 18 N–H and O–H groups in total. The summed E-state index contributed by atoms with van der Waals surface area (Å²) in [5, 5.41) is 27.7. The average Bonchev–Trinajstić information content (AvgIpc) is 3.27. The van der Waals surface area contributed by atoms with E-state index in [-0.39, 0.29) is 158 Å². The van der Waals surface area contributed by atoms with E-state index in [0.717, 1.165) is 58.4 Å². The molecule has 22 heteroatoms. The van der Waals surface area contributed by atoms with Gasteiger partial charge < -0.3 is 75.3 Å². The van der Waals surface area contributed by atoms with Crippen LogP contribution in [0.25, 0.3) is 33.7 Å². The molecular weight excluding hydrogens is 1270 g/mol. The fourth-order valence-electron chi connectivity index (χ4n) is 7.97. The molecule has 4 aliphatic rings. The predicted molar refractivity (Wildman–Crippen MR) is 261 cm³/mol. The summed E-state index contributed by atoms with van der Waals surface area (Å²) in [5.74, 6) is -5.24. The first kappa shape index (κ1) is 76.3.